The number of carbonyl (C=O) groups excluding carboxylic acids is 2. The van der Waals surface area contributed by atoms with Crippen LogP contribution in [0.5, 0.6) is 0 Å². The number of amides is 2. The Morgan fingerprint density at radius 3 is 2.30 bits per heavy atom. The van der Waals surface area contributed by atoms with E-state index in [0.29, 0.717) is 6.42 Å². The number of likely N-dealkylation sites (N-methyl/N-ethyl adjacent to an activating group) is 1. The topological polar surface area (TPSA) is 83.6 Å². The fraction of sp³-hybridized carbons (Fsp3) is 0.846. The minimum absolute atomic E-state index is 0.0564. The van der Waals surface area contributed by atoms with Crippen LogP contribution in [0.2, 0.25) is 0 Å². The van der Waals surface area contributed by atoms with Gasteiger partial charge in [-0.25, -0.2) is 8.42 Å². The van der Waals surface area contributed by atoms with Gasteiger partial charge < -0.3 is 10.2 Å². The predicted molar refractivity (Wildman–Crippen MR) is 74.8 cm³/mol. The first-order valence-corrected chi connectivity index (χ1v) is 8.99. The summed E-state index contributed by atoms with van der Waals surface area (Å²) >= 11 is 0. The van der Waals surface area contributed by atoms with Crippen molar-refractivity contribution in [2.45, 2.75) is 50.6 Å². The minimum Gasteiger partial charge on any atom is -0.344 e. The molecule has 1 saturated carbocycles. The lowest BCUT2D eigenvalue weighted by molar-refractivity contribution is -0.147. The molecule has 7 heteroatoms. The van der Waals surface area contributed by atoms with Crippen molar-refractivity contribution in [3.05, 3.63) is 0 Å². The summed E-state index contributed by atoms with van der Waals surface area (Å²) in [4.78, 5) is 25.5. The maximum absolute atomic E-state index is 12.1. The molecule has 1 unspecified atom stereocenters. The highest BCUT2D eigenvalue weighted by Gasteiger charge is 2.32. The zero-order valence-corrected chi connectivity index (χ0v) is 12.6. The Hall–Kier alpha value is -1.11. The molecule has 2 amide bonds. The van der Waals surface area contributed by atoms with Crippen molar-refractivity contribution in [1.29, 1.82) is 0 Å². The largest absolute Gasteiger partial charge is 0.344 e. The summed E-state index contributed by atoms with van der Waals surface area (Å²) in [5.41, 5.74) is 0. The first kappa shape index (κ1) is 15.3. The molecule has 0 aromatic carbocycles. The van der Waals surface area contributed by atoms with Crippen LogP contribution in [0, 0.1) is 0 Å². The van der Waals surface area contributed by atoms with Crippen LogP contribution in [0.3, 0.4) is 0 Å². The average Bonchev–Trinajstić information content (AvgIpc) is 2.77. The Balaban J connectivity index is 1.87. The summed E-state index contributed by atoms with van der Waals surface area (Å²) in [6.07, 6.45) is 5.63. The van der Waals surface area contributed by atoms with Gasteiger partial charge in [-0.1, -0.05) is 19.3 Å². The van der Waals surface area contributed by atoms with E-state index in [9.17, 15) is 18.0 Å². The molecular formula is C13H22N2O4S. The normalized spacial score (nSPS) is 26.1. The van der Waals surface area contributed by atoms with Gasteiger partial charge in [-0.2, -0.15) is 0 Å². The number of nitrogens with one attached hydrogen (secondary N) is 1. The zero-order chi connectivity index (χ0) is 14.8. The fourth-order valence-electron chi connectivity index (χ4n) is 2.95. The second-order valence-corrected chi connectivity index (χ2v) is 8.01. The zero-order valence-electron chi connectivity index (χ0n) is 11.8. The highest BCUT2D eigenvalue weighted by molar-refractivity contribution is 7.91. The summed E-state index contributed by atoms with van der Waals surface area (Å²) < 4.78 is 22.7. The number of carbonyl (C=O) groups is 2. The van der Waals surface area contributed by atoms with Crippen molar-refractivity contribution < 1.29 is 18.0 Å². The maximum atomic E-state index is 12.1. The molecule has 2 fully saturated rings. The minimum atomic E-state index is -3.05. The molecule has 114 valence electrons. The molecule has 0 radical (unpaired) electrons. The van der Waals surface area contributed by atoms with Gasteiger partial charge in [0.1, 0.15) is 0 Å². The van der Waals surface area contributed by atoms with Gasteiger partial charge in [0.2, 0.25) is 0 Å². The first-order chi connectivity index (χ1) is 9.39. The van der Waals surface area contributed by atoms with Crippen LogP contribution < -0.4 is 5.32 Å². The van der Waals surface area contributed by atoms with Crippen molar-refractivity contribution >= 4 is 21.7 Å². The number of hydrogen-bond acceptors (Lipinski definition) is 4. The molecule has 1 atom stereocenters. The lowest BCUT2D eigenvalue weighted by Gasteiger charge is -2.30. The van der Waals surface area contributed by atoms with Crippen LogP contribution >= 0.6 is 0 Å². The third-order valence-electron chi connectivity index (χ3n) is 4.20. The van der Waals surface area contributed by atoms with Crippen LogP contribution in [0.1, 0.15) is 38.5 Å². The summed E-state index contributed by atoms with van der Waals surface area (Å²) in [5, 5.41) is 2.54. The Bertz CT molecular complexity index is 483. The highest BCUT2D eigenvalue weighted by atomic mass is 32.2. The third kappa shape index (κ3) is 3.71. The van der Waals surface area contributed by atoms with Crippen molar-refractivity contribution in [3.8, 4) is 0 Å². The number of sulfone groups is 1. The van der Waals surface area contributed by atoms with Gasteiger partial charge in [-0.3, -0.25) is 9.59 Å². The lowest BCUT2D eigenvalue weighted by atomic mass is 9.94. The summed E-state index contributed by atoms with van der Waals surface area (Å²) in [5.74, 6) is -1.20. The van der Waals surface area contributed by atoms with Crippen LogP contribution in [0.25, 0.3) is 0 Å². The molecular weight excluding hydrogens is 280 g/mol. The quantitative estimate of drug-likeness (QED) is 0.732. The average molecular weight is 302 g/mol. The third-order valence-corrected chi connectivity index (χ3v) is 5.97. The fourth-order valence-corrected chi connectivity index (χ4v) is 4.62. The number of hydrogen-bond donors (Lipinski definition) is 1. The van der Waals surface area contributed by atoms with E-state index < -0.39 is 27.7 Å². The molecule has 0 bridgehead atoms. The van der Waals surface area contributed by atoms with E-state index in [1.165, 1.54) is 11.3 Å². The number of nitrogens with zero attached hydrogens (tertiary/aromatic N) is 1. The molecule has 0 aromatic heterocycles. The maximum Gasteiger partial charge on any atom is 0.311 e. The molecule has 1 saturated heterocycles. The number of rotatable bonds is 2. The first-order valence-electron chi connectivity index (χ1n) is 7.17. The molecule has 1 aliphatic heterocycles. The van der Waals surface area contributed by atoms with Crippen LogP contribution in [0.15, 0.2) is 0 Å². The molecule has 2 aliphatic rings. The van der Waals surface area contributed by atoms with Crippen LogP contribution in [-0.2, 0) is 19.4 Å². The van der Waals surface area contributed by atoms with E-state index in [0.717, 1.165) is 25.7 Å². The van der Waals surface area contributed by atoms with Gasteiger partial charge in [-0.05, 0) is 19.3 Å². The molecule has 6 nitrogen and oxygen atoms in total. The van der Waals surface area contributed by atoms with E-state index in [1.54, 1.807) is 7.05 Å². The Labute approximate surface area is 119 Å². The van der Waals surface area contributed by atoms with Gasteiger partial charge in [0.25, 0.3) is 0 Å². The molecule has 1 aliphatic carbocycles. The van der Waals surface area contributed by atoms with Crippen molar-refractivity contribution in [2.75, 3.05) is 18.6 Å². The highest BCUT2D eigenvalue weighted by Crippen LogP contribution is 2.21. The summed E-state index contributed by atoms with van der Waals surface area (Å²) in [7, 11) is -1.39. The summed E-state index contributed by atoms with van der Waals surface area (Å²) in [6, 6.07) is -0.287. The van der Waals surface area contributed by atoms with Crippen LogP contribution in [-0.4, -0.2) is 55.8 Å². The monoisotopic (exact) mass is 302 g/mol. The van der Waals surface area contributed by atoms with E-state index in [-0.39, 0.29) is 17.5 Å². The second kappa shape index (κ2) is 6.11. The molecule has 20 heavy (non-hydrogen) atoms. The van der Waals surface area contributed by atoms with Crippen molar-refractivity contribution in [2.24, 2.45) is 0 Å². The van der Waals surface area contributed by atoms with E-state index >= 15 is 0 Å². The lowest BCUT2D eigenvalue weighted by Crippen LogP contribution is -2.49. The van der Waals surface area contributed by atoms with Crippen molar-refractivity contribution in [3.63, 3.8) is 0 Å². The van der Waals surface area contributed by atoms with Gasteiger partial charge in [0.15, 0.2) is 9.84 Å². The molecule has 1 N–H and O–H groups in total. The second-order valence-electron chi connectivity index (χ2n) is 5.78. The molecule has 0 spiro atoms. The van der Waals surface area contributed by atoms with Gasteiger partial charge in [0.05, 0.1) is 11.5 Å². The van der Waals surface area contributed by atoms with E-state index in [4.69, 9.17) is 0 Å². The Morgan fingerprint density at radius 1 is 1.10 bits per heavy atom. The smallest absolute Gasteiger partial charge is 0.311 e. The Kier molecular flexibility index (Phi) is 4.67. The van der Waals surface area contributed by atoms with Crippen LogP contribution in [0.4, 0.5) is 0 Å². The molecule has 1 heterocycles. The Morgan fingerprint density at radius 2 is 1.75 bits per heavy atom. The van der Waals surface area contributed by atoms with E-state index in [2.05, 4.69) is 5.32 Å². The predicted octanol–water partition coefficient (Wildman–Crippen LogP) is 0.0808. The van der Waals surface area contributed by atoms with Gasteiger partial charge in [0, 0.05) is 19.1 Å². The summed E-state index contributed by atoms with van der Waals surface area (Å²) in [6.45, 7) is 0. The SMILES string of the molecule is CN(C(=O)C(=O)NC1CCS(=O)(=O)C1)C1CCCCC1. The molecule has 2 rings (SSSR count). The van der Waals surface area contributed by atoms with Crippen molar-refractivity contribution in [1.82, 2.24) is 10.2 Å². The standard InChI is InChI=1S/C13H22N2O4S/c1-15(11-5-3-2-4-6-11)13(17)12(16)14-10-7-8-20(18,19)9-10/h10-11H,2-9H2,1H3,(H,14,16). The van der Waals surface area contributed by atoms with Gasteiger partial charge >= 0.3 is 11.8 Å². The van der Waals surface area contributed by atoms with Gasteiger partial charge in [-0.15, -0.1) is 0 Å². The van der Waals surface area contributed by atoms with E-state index in [1.807, 2.05) is 0 Å². The molecule has 0 aromatic rings.